The summed E-state index contributed by atoms with van der Waals surface area (Å²) in [7, 11) is 0. The highest BCUT2D eigenvalue weighted by atomic mass is 14.6. The molecule has 0 bridgehead atoms. The largest absolute Gasteiger partial charge is 0.324 e. The van der Waals surface area contributed by atoms with Gasteiger partial charge in [-0.2, -0.15) is 0 Å². The molecule has 1 unspecified atom stereocenters. The predicted octanol–water partition coefficient (Wildman–Crippen LogP) is 4.89. The average Bonchev–Trinajstić information content (AvgIpc) is 2.53. The maximum absolute atomic E-state index is 6.14. The van der Waals surface area contributed by atoms with E-state index in [9.17, 15) is 0 Å². The van der Waals surface area contributed by atoms with Crippen LogP contribution in [-0.4, -0.2) is 0 Å². The topological polar surface area (TPSA) is 26.0 Å². The zero-order valence-electron chi connectivity index (χ0n) is 12.8. The quantitative estimate of drug-likeness (QED) is 0.820. The van der Waals surface area contributed by atoms with E-state index < -0.39 is 0 Å². The lowest BCUT2D eigenvalue weighted by atomic mass is 9.94. The highest BCUT2D eigenvalue weighted by molar-refractivity contribution is 5.66. The molecule has 0 aromatic heterocycles. The number of hydrogen-bond acceptors (Lipinski definition) is 1. The van der Waals surface area contributed by atoms with Gasteiger partial charge in [0.25, 0.3) is 0 Å². The molecule has 0 aliphatic heterocycles. The molecule has 2 aromatic carbocycles. The van der Waals surface area contributed by atoms with E-state index in [0.717, 1.165) is 19.3 Å². The van der Waals surface area contributed by atoms with Gasteiger partial charge in [-0.3, -0.25) is 0 Å². The molecule has 0 saturated heterocycles. The Kier molecular flexibility index (Phi) is 4.97. The molecule has 0 aliphatic rings. The van der Waals surface area contributed by atoms with E-state index in [4.69, 9.17) is 5.73 Å². The van der Waals surface area contributed by atoms with Gasteiger partial charge >= 0.3 is 0 Å². The molecule has 20 heavy (non-hydrogen) atoms. The molecule has 0 heterocycles. The molecular weight excluding hydrogens is 242 g/mol. The van der Waals surface area contributed by atoms with Crippen molar-refractivity contribution in [2.24, 2.45) is 5.73 Å². The first-order valence-corrected chi connectivity index (χ1v) is 7.67. The molecule has 1 nitrogen and oxygen atoms in total. The smallest absolute Gasteiger partial charge is 0.0292 e. The zero-order chi connectivity index (χ0) is 14.5. The molecule has 1 heteroatoms. The molecule has 0 radical (unpaired) electrons. The minimum atomic E-state index is 0.135. The van der Waals surface area contributed by atoms with Crippen LogP contribution in [0.3, 0.4) is 0 Å². The minimum absolute atomic E-state index is 0.135. The van der Waals surface area contributed by atoms with Gasteiger partial charge in [0.05, 0.1) is 0 Å². The van der Waals surface area contributed by atoms with Crippen molar-refractivity contribution < 1.29 is 0 Å². The van der Waals surface area contributed by atoms with E-state index in [1.807, 2.05) is 0 Å². The summed E-state index contributed by atoms with van der Waals surface area (Å²) in [5.74, 6) is 0. The first-order chi connectivity index (χ1) is 9.69. The van der Waals surface area contributed by atoms with Crippen molar-refractivity contribution in [2.45, 2.75) is 46.1 Å². The standard InChI is InChI=1S/C19H25N/c1-4-14-10-11-17(12-15(14)5-2)16-8-7-9-18(13-16)19(20)6-3/h7-13,19H,4-6,20H2,1-3H3. The van der Waals surface area contributed by atoms with Gasteiger partial charge < -0.3 is 5.73 Å². The third-order valence-electron chi connectivity index (χ3n) is 4.06. The van der Waals surface area contributed by atoms with Gasteiger partial charge in [-0.15, -0.1) is 0 Å². The molecule has 1 atom stereocenters. The van der Waals surface area contributed by atoms with Gasteiger partial charge in [-0.05, 0) is 53.1 Å². The number of nitrogens with two attached hydrogens (primary N) is 1. The Bertz CT molecular complexity index is 572. The maximum atomic E-state index is 6.14. The van der Waals surface area contributed by atoms with Crippen LogP contribution < -0.4 is 5.73 Å². The van der Waals surface area contributed by atoms with Crippen molar-refractivity contribution in [1.29, 1.82) is 0 Å². The first-order valence-electron chi connectivity index (χ1n) is 7.67. The molecule has 2 rings (SSSR count). The van der Waals surface area contributed by atoms with Crippen LogP contribution in [0, 0.1) is 0 Å². The number of rotatable bonds is 5. The summed E-state index contributed by atoms with van der Waals surface area (Å²) in [5.41, 5.74) is 12.8. The monoisotopic (exact) mass is 267 g/mol. The summed E-state index contributed by atoms with van der Waals surface area (Å²) in [6, 6.07) is 15.6. The van der Waals surface area contributed by atoms with Gasteiger partial charge in [0, 0.05) is 6.04 Å². The molecule has 0 saturated carbocycles. The van der Waals surface area contributed by atoms with E-state index in [1.165, 1.54) is 27.8 Å². The van der Waals surface area contributed by atoms with Crippen LogP contribution in [-0.2, 0) is 12.8 Å². The summed E-state index contributed by atoms with van der Waals surface area (Å²) < 4.78 is 0. The second-order valence-electron chi connectivity index (χ2n) is 5.33. The molecule has 0 spiro atoms. The first kappa shape index (κ1) is 14.8. The second kappa shape index (κ2) is 6.71. The van der Waals surface area contributed by atoms with Crippen molar-refractivity contribution >= 4 is 0 Å². The van der Waals surface area contributed by atoms with Crippen LogP contribution in [0.15, 0.2) is 42.5 Å². The summed E-state index contributed by atoms with van der Waals surface area (Å²) in [5, 5.41) is 0. The maximum Gasteiger partial charge on any atom is 0.0292 e. The highest BCUT2D eigenvalue weighted by Crippen LogP contribution is 2.26. The normalized spacial score (nSPS) is 12.4. The fourth-order valence-electron chi connectivity index (χ4n) is 2.66. The average molecular weight is 267 g/mol. The minimum Gasteiger partial charge on any atom is -0.324 e. The Morgan fingerprint density at radius 3 is 2.20 bits per heavy atom. The third kappa shape index (κ3) is 3.10. The lowest BCUT2D eigenvalue weighted by Gasteiger charge is -2.13. The molecule has 0 aliphatic carbocycles. The van der Waals surface area contributed by atoms with Crippen molar-refractivity contribution in [1.82, 2.24) is 0 Å². The number of benzene rings is 2. The van der Waals surface area contributed by atoms with E-state index in [0.29, 0.717) is 0 Å². The Hall–Kier alpha value is -1.60. The van der Waals surface area contributed by atoms with Crippen LogP contribution in [0.25, 0.3) is 11.1 Å². The van der Waals surface area contributed by atoms with E-state index in [1.54, 1.807) is 0 Å². The van der Waals surface area contributed by atoms with Crippen molar-refractivity contribution in [2.75, 3.05) is 0 Å². The molecule has 0 amide bonds. The predicted molar refractivity (Wildman–Crippen MR) is 87.9 cm³/mol. The van der Waals surface area contributed by atoms with Crippen LogP contribution in [0.5, 0.6) is 0 Å². The summed E-state index contributed by atoms with van der Waals surface area (Å²) in [6.07, 6.45) is 3.16. The molecule has 106 valence electrons. The van der Waals surface area contributed by atoms with Crippen molar-refractivity contribution in [3.63, 3.8) is 0 Å². The van der Waals surface area contributed by atoms with Crippen molar-refractivity contribution in [3.8, 4) is 11.1 Å². The summed E-state index contributed by atoms with van der Waals surface area (Å²) >= 11 is 0. The van der Waals surface area contributed by atoms with E-state index in [-0.39, 0.29) is 6.04 Å². The van der Waals surface area contributed by atoms with Gasteiger partial charge in [0.2, 0.25) is 0 Å². The number of hydrogen-bond donors (Lipinski definition) is 1. The lowest BCUT2D eigenvalue weighted by molar-refractivity contribution is 0.699. The van der Waals surface area contributed by atoms with E-state index >= 15 is 0 Å². The molecule has 2 N–H and O–H groups in total. The van der Waals surface area contributed by atoms with Gasteiger partial charge in [0.1, 0.15) is 0 Å². The van der Waals surface area contributed by atoms with Crippen LogP contribution in [0.1, 0.15) is 49.9 Å². The van der Waals surface area contributed by atoms with Crippen LogP contribution in [0.2, 0.25) is 0 Å². The Morgan fingerprint density at radius 2 is 1.55 bits per heavy atom. The molecule has 0 fully saturated rings. The summed E-state index contributed by atoms with van der Waals surface area (Å²) in [4.78, 5) is 0. The third-order valence-corrected chi connectivity index (χ3v) is 4.06. The van der Waals surface area contributed by atoms with E-state index in [2.05, 4.69) is 63.2 Å². The van der Waals surface area contributed by atoms with Crippen molar-refractivity contribution in [3.05, 3.63) is 59.2 Å². The Morgan fingerprint density at radius 1 is 0.850 bits per heavy atom. The summed E-state index contributed by atoms with van der Waals surface area (Å²) in [6.45, 7) is 6.57. The van der Waals surface area contributed by atoms with Gasteiger partial charge in [-0.25, -0.2) is 0 Å². The van der Waals surface area contributed by atoms with Crippen LogP contribution >= 0.6 is 0 Å². The fraction of sp³-hybridized carbons (Fsp3) is 0.368. The van der Waals surface area contributed by atoms with Gasteiger partial charge in [-0.1, -0.05) is 57.2 Å². The second-order valence-corrected chi connectivity index (χ2v) is 5.33. The highest BCUT2D eigenvalue weighted by Gasteiger charge is 2.07. The SMILES string of the molecule is CCc1ccc(-c2cccc(C(N)CC)c2)cc1CC. The van der Waals surface area contributed by atoms with Crippen LogP contribution in [0.4, 0.5) is 0 Å². The fourth-order valence-corrected chi connectivity index (χ4v) is 2.66. The molecule has 2 aromatic rings. The molecular formula is C19H25N. The lowest BCUT2D eigenvalue weighted by Crippen LogP contribution is -2.08. The Balaban J connectivity index is 2.41. The Labute approximate surface area is 122 Å². The zero-order valence-corrected chi connectivity index (χ0v) is 12.8. The number of aryl methyl sites for hydroxylation is 2. The van der Waals surface area contributed by atoms with Gasteiger partial charge in [0.15, 0.2) is 0 Å².